The maximum atomic E-state index is 11.1. The highest BCUT2D eigenvalue weighted by Gasteiger charge is 2.09. The maximum Gasteiger partial charge on any atom is 0.330 e. The highest BCUT2D eigenvalue weighted by atomic mass is 16.5. The van der Waals surface area contributed by atoms with E-state index in [1.807, 2.05) is 31.2 Å². The molecule has 0 aliphatic rings. The minimum atomic E-state index is -0.448. The van der Waals surface area contributed by atoms with Gasteiger partial charge in [0.1, 0.15) is 6.04 Å². The fourth-order valence-electron chi connectivity index (χ4n) is 1.08. The van der Waals surface area contributed by atoms with Gasteiger partial charge < -0.3 is 4.74 Å². The molecule has 3 nitrogen and oxygen atoms in total. The lowest BCUT2D eigenvalue weighted by Gasteiger charge is -2.02. The average molecular weight is 205 g/mol. The molecule has 0 radical (unpaired) electrons. The smallest absolute Gasteiger partial charge is 0.330 e. The summed E-state index contributed by atoms with van der Waals surface area (Å²) in [6.45, 7) is 3.73. The van der Waals surface area contributed by atoms with E-state index in [-0.39, 0.29) is 5.97 Å². The van der Waals surface area contributed by atoms with E-state index in [0.717, 1.165) is 5.56 Å². The predicted octanol–water partition coefficient (Wildman–Crippen LogP) is 1.98. The normalized spacial score (nSPS) is 12.7. The Balaban J connectivity index is 2.65. The van der Waals surface area contributed by atoms with Crippen molar-refractivity contribution in [3.63, 3.8) is 0 Å². The molecule has 0 bridgehead atoms. The van der Waals surface area contributed by atoms with Crippen LogP contribution in [0, 0.1) is 6.92 Å². The van der Waals surface area contributed by atoms with Gasteiger partial charge in [-0.05, 0) is 19.4 Å². The van der Waals surface area contributed by atoms with E-state index in [0.29, 0.717) is 0 Å². The number of esters is 1. The van der Waals surface area contributed by atoms with Crippen LogP contribution in [0.2, 0.25) is 0 Å². The molecule has 0 saturated carbocycles. The topological polar surface area (TPSA) is 38.7 Å². The van der Waals surface area contributed by atoms with Crippen molar-refractivity contribution in [2.75, 3.05) is 7.11 Å². The minimum Gasteiger partial charge on any atom is -0.467 e. The SMILES string of the molecule is COC(=O)C(C)N=Cc1ccc(C)cc1. The minimum absolute atomic E-state index is 0.321. The average Bonchev–Trinajstić information content (AvgIpc) is 2.26. The number of benzene rings is 1. The molecular formula is C12H15NO2. The largest absolute Gasteiger partial charge is 0.467 e. The summed E-state index contributed by atoms with van der Waals surface area (Å²) >= 11 is 0. The van der Waals surface area contributed by atoms with Gasteiger partial charge in [0.05, 0.1) is 7.11 Å². The second kappa shape index (κ2) is 5.29. The van der Waals surface area contributed by atoms with Crippen molar-refractivity contribution in [3.8, 4) is 0 Å². The van der Waals surface area contributed by atoms with E-state index in [1.165, 1.54) is 12.7 Å². The summed E-state index contributed by atoms with van der Waals surface area (Å²) < 4.78 is 4.57. The van der Waals surface area contributed by atoms with Crippen LogP contribution < -0.4 is 0 Å². The summed E-state index contributed by atoms with van der Waals surface area (Å²) in [5.74, 6) is -0.321. The molecule has 0 heterocycles. The van der Waals surface area contributed by atoms with Crippen LogP contribution in [-0.2, 0) is 9.53 Å². The van der Waals surface area contributed by atoms with Gasteiger partial charge in [-0.15, -0.1) is 0 Å². The van der Waals surface area contributed by atoms with Crippen LogP contribution in [0.3, 0.4) is 0 Å². The number of aryl methyl sites for hydroxylation is 1. The van der Waals surface area contributed by atoms with Crippen molar-refractivity contribution in [2.24, 2.45) is 4.99 Å². The summed E-state index contributed by atoms with van der Waals surface area (Å²) in [5, 5.41) is 0. The lowest BCUT2D eigenvalue weighted by Crippen LogP contribution is -2.16. The van der Waals surface area contributed by atoms with Crippen molar-refractivity contribution in [2.45, 2.75) is 19.9 Å². The highest BCUT2D eigenvalue weighted by molar-refractivity contribution is 5.83. The van der Waals surface area contributed by atoms with Gasteiger partial charge in [-0.1, -0.05) is 29.8 Å². The van der Waals surface area contributed by atoms with Crippen LogP contribution in [0.25, 0.3) is 0 Å². The van der Waals surface area contributed by atoms with Gasteiger partial charge in [-0.25, -0.2) is 4.79 Å². The Morgan fingerprint density at radius 3 is 2.53 bits per heavy atom. The number of nitrogens with zero attached hydrogens (tertiary/aromatic N) is 1. The van der Waals surface area contributed by atoms with Crippen LogP contribution in [0.1, 0.15) is 18.1 Å². The van der Waals surface area contributed by atoms with Gasteiger partial charge in [-0.3, -0.25) is 4.99 Å². The molecular weight excluding hydrogens is 190 g/mol. The van der Waals surface area contributed by atoms with Gasteiger partial charge in [0.2, 0.25) is 0 Å². The summed E-state index contributed by atoms with van der Waals surface area (Å²) in [7, 11) is 1.36. The van der Waals surface area contributed by atoms with Crippen molar-refractivity contribution >= 4 is 12.2 Å². The van der Waals surface area contributed by atoms with Crippen LogP contribution in [0.4, 0.5) is 0 Å². The quantitative estimate of drug-likeness (QED) is 0.559. The van der Waals surface area contributed by atoms with Crippen LogP contribution in [0.15, 0.2) is 29.3 Å². The molecule has 0 spiro atoms. The number of hydrogen-bond donors (Lipinski definition) is 0. The second-order valence-corrected chi connectivity index (χ2v) is 3.39. The van der Waals surface area contributed by atoms with Gasteiger partial charge in [-0.2, -0.15) is 0 Å². The number of rotatable bonds is 3. The molecule has 1 aromatic rings. The Labute approximate surface area is 89.8 Å². The summed E-state index contributed by atoms with van der Waals surface area (Å²) in [4.78, 5) is 15.1. The Morgan fingerprint density at radius 1 is 1.40 bits per heavy atom. The molecule has 80 valence electrons. The molecule has 0 aliphatic heterocycles. The fraction of sp³-hybridized carbons (Fsp3) is 0.333. The maximum absolute atomic E-state index is 11.1. The first-order valence-electron chi connectivity index (χ1n) is 4.81. The number of aliphatic imine (C=N–C) groups is 1. The van der Waals surface area contributed by atoms with Crippen LogP contribution in [0.5, 0.6) is 0 Å². The Hall–Kier alpha value is -1.64. The number of methoxy groups -OCH3 is 1. The first-order valence-corrected chi connectivity index (χ1v) is 4.81. The van der Waals surface area contributed by atoms with Gasteiger partial charge in [0.15, 0.2) is 0 Å². The molecule has 0 aromatic heterocycles. The second-order valence-electron chi connectivity index (χ2n) is 3.39. The molecule has 1 aromatic carbocycles. The molecule has 0 aliphatic carbocycles. The van der Waals surface area contributed by atoms with E-state index in [1.54, 1.807) is 13.1 Å². The number of hydrogen-bond acceptors (Lipinski definition) is 3. The molecule has 1 unspecified atom stereocenters. The molecule has 3 heteroatoms. The van der Waals surface area contributed by atoms with E-state index in [2.05, 4.69) is 9.73 Å². The third-order valence-corrected chi connectivity index (χ3v) is 2.07. The van der Waals surface area contributed by atoms with Gasteiger partial charge >= 0.3 is 5.97 Å². The van der Waals surface area contributed by atoms with Crippen molar-refractivity contribution < 1.29 is 9.53 Å². The zero-order chi connectivity index (χ0) is 11.3. The highest BCUT2D eigenvalue weighted by Crippen LogP contribution is 2.01. The standard InChI is InChI=1S/C12H15NO2/c1-9-4-6-11(7-5-9)8-13-10(2)12(14)15-3/h4-8,10H,1-3H3. The van der Waals surface area contributed by atoms with Crippen molar-refractivity contribution in [1.29, 1.82) is 0 Å². The third kappa shape index (κ3) is 3.54. The molecule has 0 saturated heterocycles. The molecule has 0 amide bonds. The summed E-state index contributed by atoms with van der Waals surface area (Å²) in [6.07, 6.45) is 1.68. The zero-order valence-electron chi connectivity index (χ0n) is 9.23. The van der Waals surface area contributed by atoms with E-state index in [9.17, 15) is 4.79 Å². The summed E-state index contributed by atoms with van der Waals surface area (Å²) in [6, 6.07) is 7.48. The first-order chi connectivity index (χ1) is 7.13. The Morgan fingerprint density at radius 2 is 2.00 bits per heavy atom. The third-order valence-electron chi connectivity index (χ3n) is 2.07. The molecule has 1 atom stereocenters. The van der Waals surface area contributed by atoms with E-state index in [4.69, 9.17) is 0 Å². The monoisotopic (exact) mass is 205 g/mol. The number of ether oxygens (including phenoxy) is 1. The van der Waals surface area contributed by atoms with E-state index < -0.39 is 6.04 Å². The van der Waals surface area contributed by atoms with Crippen LogP contribution >= 0.6 is 0 Å². The summed E-state index contributed by atoms with van der Waals surface area (Å²) in [5.41, 5.74) is 2.18. The van der Waals surface area contributed by atoms with Crippen molar-refractivity contribution in [3.05, 3.63) is 35.4 Å². The molecule has 15 heavy (non-hydrogen) atoms. The fourth-order valence-corrected chi connectivity index (χ4v) is 1.08. The zero-order valence-corrected chi connectivity index (χ0v) is 9.23. The molecule has 1 rings (SSSR count). The predicted molar refractivity (Wildman–Crippen MR) is 60.3 cm³/mol. The van der Waals surface area contributed by atoms with Gasteiger partial charge in [0, 0.05) is 6.21 Å². The van der Waals surface area contributed by atoms with Crippen LogP contribution in [-0.4, -0.2) is 25.3 Å². The molecule has 0 fully saturated rings. The van der Waals surface area contributed by atoms with Crippen molar-refractivity contribution in [1.82, 2.24) is 0 Å². The number of carbonyl (C=O) groups excluding carboxylic acids is 1. The lowest BCUT2D eigenvalue weighted by molar-refractivity contribution is -0.141. The van der Waals surface area contributed by atoms with Gasteiger partial charge in [0.25, 0.3) is 0 Å². The molecule has 0 N–H and O–H groups in total. The lowest BCUT2D eigenvalue weighted by atomic mass is 10.2. The number of carbonyl (C=O) groups is 1. The Bertz CT molecular complexity index is 354. The first kappa shape index (κ1) is 11.4. The Kier molecular flexibility index (Phi) is 4.03. The van der Waals surface area contributed by atoms with E-state index >= 15 is 0 Å².